The van der Waals surface area contributed by atoms with Crippen molar-refractivity contribution >= 4 is 15.9 Å². The van der Waals surface area contributed by atoms with Gasteiger partial charge in [-0.05, 0) is 40.5 Å². The van der Waals surface area contributed by atoms with Gasteiger partial charge in [-0.1, -0.05) is 30.3 Å². The first kappa shape index (κ1) is 21.7. The fraction of sp³-hybridized carbons (Fsp3) is 0.292. The van der Waals surface area contributed by atoms with Crippen molar-refractivity contribution in [1.29, 1.82) is 0 Å². The monoisotopic (exact) mass is 467 g/mol. The first-order chi connectivity index (χ1) is 16.0. The predicted octanol–water partition coefficient (Wildman–Crippen LogP) is 2.57. The number of benzene rings is 2. The maximum Gasteiger partial charge on any atom is 0.268 e. The third-order valence-electron chi connectivity index (χ3n) is 5.94. The number of carbonyl (C=O) groups excluding carboxylic acids is 1. The van der Waals surface area contributed by atoms with Crippen LogP contribution in [0.4, 0.5) is 0 Å². The average Bonchev–Trinajstić information content (AvgIpc) is 3.53. The molecular formula is C24H25N3O5S. The minimum atomic E-state index is -3.64. The molecule has 0 bridgehead atoms. The van der Waals surface area contributed by atoms with Gasteiger partial charge < -0.3 is 19.8 Å². The van der Waals surface area contributed by atoms with E-state index in [0.717, 1.165) is 35.5 Å². The quantitative estimate of drug-likeness (QED) is 0.580. The number of nitrogens with one attached hydrogen (secondary N) is 2. The van der Waals surface area contributed by atoms with Gasteiger partial charge in [-0.3, -0.25) is 4.79 Å². The van der Waals surface area contributed by atoms with E-state index < -0.39 is 10.0 Å². The summed E-state index contributed by atoms with van der Waals surface area (Å²) in [6.45, 7) is 2.43. The highest BCUT2D eigenvalue weighted by atomic mass is 32.2. The second kappa shape index (κ2) is 9.01. The van der Waals surface area contributed by atoms with E-state index in [9.17, 15) is 13.2 Å². The Balaban J connectivity index is 1.21. The minimum Gasteiger partial charge on any atom is -0.493 e. The van der Waals surface area contributed by atoms with Crippen molar-refractivity contribution in [3.8, 4) is 16.9 Å². The van der Waals surface area contributed by atoms with Crippen LogP contribution in [0.15, 0.2) is 59.6 Å². The van der Waals surface area contributed by atoms with Crippen LogP contribution < -0.4 is 10.1 Å². The molecule has 33 heavy (non-hydrogen) atoms. The molecule has 0 saturated carbocycles. The van der Waals surface area contributed by atoms with E-state index in [4.69, 9.17) is 9.47 Å². The molecule has 0 aliphatic carbocycles. The number of hydrogen-bond acceptors (Lipinski definition) is 5. The van der Waals surface area contributed by atoms with Crippen LogP contribution in [-0.2, 0) is 27.7 Å². The Hall–Kier alpha value is -3.14. The Morgan fingerprint density at radius 1 is 1.00 bits per heavy atom. The summed E-state index contributed by atoms with van der Waals surface area (Å²) in [5.41, 5.74) is 4.62. The highest BCUT2D eigenvalue weighted by molar-refractivity contribution is 7.89. The molecular weight excluding hydrogens is 442 g/mol. The number of nitrogens with zero attached hydrogens (tertiary/aromatic N) is 1. The van der Waals surface area contributed by atoms with Gasteiger partial charge in [0.1, 0.15) is 16.3 Å². The Bertz CT molecular complexity index is 1260. The normalized spacial score (nSPS) is 16.2. The molecule has 1 amide bonds. The van der Waals surface area contributed by atoms with E-state index in [1.54, 1.807) is 0 Å². The Labute approximate surface area is 192 Å². The standard InChI is InChI=1S/C24H25N3O5S/c28-24(22-14-21(16-25-22)33(29,30)27-8-11-31-12-9-27)26-15-17-1-3-18(4-2-17)19-5-6-23-20(13-19)7-10-32-23/h1-6,13-14,16,25H,7-12,15H2,(H,26,28). The average molecular weight is 468 g/mol. The molecule has 2 aliphatic heterocycles. The fourth-order valence-electron chi connectivity index (χ4n) is 4.05. The van der Waals surface area contributed by atoms with Crippen molar-refractivity contribution in [3.63, 3.8) is 0 Å². The summed E-state index contributed by atoms with van der Waals surface area (Å²) in [7, 11) is -3.64. The maximum atomic E-state index is 12.7. The molecule has 2 aliphatic rings. The van der Waals surface area contributed by atoms with E-state index in [2.05, 4.69) is 22.4 Å². The first-order valence-corrected chi connectivity index (χ1v) is 12.3. The van der Waals surface area contributed by atoms with Crippen LogP contribution in [0.25, 0.3) is 11.1 Å². The molecule has 3 heterocycles. The van der Waals surface area contributed by atoms with Crippen LogP contribution >= 0.6 is 0 Å². The number of hydrogen-bond donors (Lipinski definition) is 2. The second-order valence-electron chi connectivity index (χ2n) is 8.07. The molecule has 2 N–H and O–H groups in total. The smallest absolute Gasteiger partial charge is 0.268 e. The van der Waals surface area contributed by atoms with Crippen LogP contribution in [0.2, 0.25) is 0 Å². The molecule has 172 valence electrons. The van der Waals surface area contributed by atoms with E-state index in [1.165, 1.54) is 22.1 Å². The van der Waals surface area contributed by atoms with E-state index in [-0.39, 0.29) is 16.5 Å². The topological polar surface area (TPSA) is 101 Å². The number of morpholine rings is 1. The first-order valence-electron chi connectivity index (χ1n) is 10.9. The van der Waals surface area contributed by atoms with Gasteiger partial charge in [0.25, 0.3) is 5.91 Å². The summed E-state index contributed by atoms with van der Waals surface area (Å²) in [5.74, 6) is 0.601. The highest BCUT2D eigenvalue weighted by Gasteiger charge is 2.28. The van der Waals surface area contributed by atoms with Crippen LogP contribution in [0.1, 0.15) is 21.6 Å². The number of fused-ring (bicyclic) bond motifs is 1. The summed E-state index contributed by atoms with van der Waals surface area (Å²) in [6, 6.07) is 15.6. The number of amides is 1. The SMILES string of the molecule is O=C(NCc1ccc(-c2ccc3c(c2)CCO3)cc1)c1cc(S(=O)(=O)N2CCOCC2)c[nH]1. The largest absolute Gasteiger partial charge is 0.493 e. The van der Waals surface area contributed by atoms with Crippen molar-refractivity contribution in [2.75, 3.05) is 32.9 Å². The molecule has 5 rings (SSSR count). The molecule has 0 radical (unpaired) electrons. The lowest BCUT2D eigenvalue weighted by molar-refractivity contribution is 0.0730. The maximum absolute atomic E-state index is 12.7. The van der Waals surface area contributed by atoms with Gasteiger partial charge in [-0.2, -0.15) is 4.31 Å². The number of rotatable bonds is 6. The number of aromatic amines is 1. The van der Waals surface area contributed by atoms with Crippen molar-refractivity contribution in [1.82, 2.24) is 14.6 Å². The van der Waals surface area contributed by atoms with Crippen LogP contribution in [0.3, 0.4) is 0 Å². The zero-order valence-electron chi connectivity index (χ0n) is 18.0. The van der Waals surface area contributed by atoms with Gasteiger partial charge in [0.05, 0.1) is 19.8 Å². The number of ether oxygens (including phenoxy) is 2. The van der Waals surface area contributed by atoms with E-state index in [0.29, 0.717) is 32.8 Å². The van der Waals surface area contributed by atoms with Gasteiger partial charge in [-0.15, -0.1) is 0 Å². The molecule has 1 saturated heterocycles. The zero-order valence-corrected chi connectivity index (χ0v) is 18.9. The number of carbonyl (C=O) groups is 1. The van der Waals surface area contributed by atoms with Crippen molar-refractivity contribution in [2.24, 2.45) is 0 Å². The Morgan fingerprint density at radius 2 is 1.76 bits per heavy atom. The molecule has 3 aromatic rings. The molecule has 2 aromatic carbocycles. The lowest BCUT2D eigenvalue weighted by Crippen LogP contribution is -2.40. The molecule has 0 spiro atoms. The highest BCUT2D eigenvalue weighted by Crippen LogP contribution is 2.30. The van der Waals surface area contributed by atoms with Gasteiger partial charge >= 0.3 is 0 Å². The fourth-order valence-corrected chi connectivity index (χ4v) is 5.45. The van der Waals surface area contributed by atoms with Crippen LogP contribution in [0, 0.1) is 0 Å². The summed E-state index contributed by atoms with van der Waals surface area (Å²) in [5, 5.41) is 2.84. The van der Waals surface area contributed by atoms with Gasteiger partial charge in [0.2, 0.25) is 10.0 Å². The van der Waals surface area contributed by atoms with Gasteiger partial charge in [0.15, 0.2) is 0 Å². The lowest BCUT2D eigenvalue weighted by Gasteiger charge is -2.25. The number of sulfonamides is 1. The predicted molar refractivity (Wildman–Crippen MR) is 123 cm³/mol. The Kier molecular flexibility index (Phi) is 5.92. The minimum absolute atomic E-state index is 0.0821. The third kappa shape index (κ3) is 4.52. The number of aromatic nitrogens is 1. The molecule has 1 fully saturated rings. The van der Waals surface area contributed by atoms with Crippen molar-refractivity contribution < 1.29 is 22.7 Å². The third-order valence-corrected chi connectivity index (χ3v) is 7.82. The number of H-pyrrole nitrogens is 1. The zero-order chi connectivity index (χ0) is 22.8. The molecule has 9 heteroatoms. The lowest BCUT2D eigenvalue weighted by atomic mass is 10.0. The Morgan fingerprint density at radius 3 is 2.55 bits per heavy atom. The van der Waals surface area contributed by atoms with Gasteiger partial charge in [-0.25, -0.2) is 8.42 Å². The van der Waals surface area contributed by atoms with E-state index in [1.807, 2.05) is 30.3 Å². The van der Waals surface area contributed by atoms with E-state index >= 15 is 0 Å². The molecule has 1 aromatic heterocycles. The molecule has 0 atom stereocenters. The second-order valence-corrected chi connectivity index (χ2v) is 10.0. The summed E-state index contributed by atoms with van der Waals surface area (Å²) in [4.78, 5) is 15.4. The van der Waals surface area contributed by atoms with Crippen molar-refractivity contribution in [2.45, 2.75) is 17.9 Å². The molecule has 8 nitrogen and oxygen atoms in total. The van der Waals surface area contributed by atoms with Gasteiger partial charge in [0, 0.05) is 32.3 Å². The van der Waals surface area contributed by atoms with Crippen LogP contribution in [-0.4, -0.2) is 56.5 Å². The van der Waals surface area contributed by atoms with Crippen molar-refractivity contribution in [3.05, 3.63) is 71.5 Å². The summed E-state index contributed by atoms with van der Waals surface area (Å²) < 4.78 is 37.6. The summed E-state index contributed by atoms with van der Waals surface area (Å²) in [6.07, 6.45) is 2.29. The molecule has 0 unspecified atom stereocenters. The summed E-state index contributed by atoms with van der Waals surface area (Å²) >= 11 is 0. The van der Waals surface area contributed by atoms with Crippen LogP contribution in [0.5, 0.6) is 5.75 Å².